The number of morpholine rings is 1. The molecule has 0 N–H and O–H groups in total. The number of rotatable bonds is 7. The first-order valence-electron chi connectivity index (χ1n) is 10.8. The van der Waals surface area contributed by atoms with Gasteiger partial charge in [0.25, 0.3) is 0 Å². The molecule has 1 aliphatic rings. The number of anilines is 1. The number of aryl methyl sites for hydroxylation is 1. The summed E-state index contributed by atoms with van der Waals surface area (Å²) in [4.78, 5) is 15.2. The van der Waals surface area contributed by atoms with Crippen molar-refractivity contribution in [1.82, 2.24) is 24.3 Å². The topological polar surface area (TPSA) is 79.5 Å². The number of para-hydroxylation sites is 1. The van der Waals surface area contributed by atoms with Crippen molar-refractivity contribution < 1.29 is 18.9 Å². The summed E-state index contributed by atoms with van der Waals surface area (Å²) in [5, 5.41) is 5.92. The smallest absolute Gasteiger partial charge is 0.164 e. The van der Waals surface area contributed by atoms with Crippen LogP contribution >= 0.6 is 0 Å². The van der Waals surface area contributed by atoms with Crippen molar-refractivity contribution in [2.75, 3.05) is 44.9 Å². The molecule has 4 heterocycles. The molecule has 0 aliphatic carbocycles. The highest BCUT2D eigenvalue weighted by Crippen LogP contribution is 2.29. The van der Waals surface area contributed by atoms with Gasteiger partial charge in [0.2, 0.25) is 0 Å². The van der Waals surface area contributed by atoms with Gasteiger partial charge < -0.3 is 18.9 Å². The maximum absolute atomic E-state index is 12.6. The zero-order valence-corrected chi connectivity index (χ0v) is 18.5. The fourth-order valence-electron chi connectivity index (χ4n) is 4.10. The Morgan fingerprint density at radius 2 is 1.91 bits per heavy atom. The van der Waals surface area contributed by atoms with Crippen molar-refractivity contribution in [3.8, 4) is 17.1 Å². The maximum atomic E-state index is 12.6. The van der Waals surface area contributed by atoms with Gasteiger partial charge in [0.15, 0.2) is 11.6 Å². The Balaban J connectivity index is 1.56. The van der Waals surface area contributed by atoms with Gasteiger partial charge in [-0.3, -0.25) is 0 Å². The van der Waals surface area contributed by atoms with Gasteiger partial charge in [-0.1, -0.05) is 18.2 Å². The molecular weight excluding hydrogens is 427 g/mol. The van der Waals surface area contributed by atoms with E-state index in [0.29, 0.717) is 43.8 Å². The van der Waals surface area contributed by atoms with E-state index in [-0.39, 0.29) is 6.61 Å². The van der Waals surface area contributed by atoms with Crippen LogP contribution < -0.4 is 4.90 Å². The zero-order valence-electron chi connectivity index (χ0n) is 18.5. The number of methoxy groups -OCH3 is 1. The molecule has 1 aromatic carbocycles. The normalized spacial score (nSPS) is 15.3. The molecule has 0 bridgehead atoms. The molecule has 1 atom stereocenters. The van der Waals surface area contributed by atoms with Crippen LogP contribution in [0.3, 0.4) is 0 Å². The number of fused-ring (bicyclic) bond motifs is 1. The average Bonchev–Trinajstić information content (AvgIpc) is 3.48. The third kappa shape index (κ3) is 4.20. The molecule has 3 aromatic heterocycles. The van der Waals surface area contributed by atoms with Crippen LogP contribution in [0.5, 0.6) is 0 Å². The summed E-state index contributed by atoms with van der Waals surface area (Å²) >= 11 is 0. The molecule has 4 aromatic rings. The summed E-state index contributed by atoms with van der Waals surface area (Å²) in [7, 11) is 3.49. The van der Waals surface area contributed by atoms with Crippen molar-refractivity contribution in [3.63, 3.8) is 0 Å². The lowest BCUT2D eigenvalue weighted by Gasteiger charge is -2.28. The van der Waals surface area contributed by atoms with Gasteiger partial charge in [0.05, 0.1) is 18.9 Å². The van der Waals surface area contributed by atoms with Crippen molar-refractivity contribution in [3.05, 3.63) is 54.6 Å². The largest absolute Gasteiger partial charge is 0.378 e. The summed E-state index contributed by atoms with van der Waals surface area (Å²) in [6.07, 6.45) is 3.18. The molecule has 1 fully saturated rings. The van der Waals surface area contributed by atoms with Crippen LogP contribution in [0.2, 0.25) is 0 Å². The van der Waals surface area contributed by atoms with E-state index in [1.165, 1.54) is 7.11 Å². The first kappa shape index (κ1) is 21.5. The van der Waals surface area contributed by atoms with Crippen LogP contribution in [0.1, 0.15) is 11.9 Å². The lowest BCUT2D eigenvalue weighted by atomic mass is 10.1. The number of ether oxygens (including phenoxy) is 2. The van der Waals surface area contributed by atoms with Crippen molar-refractivity contribution in [2.45, 2.75) is 6.10 Å². The lowest BCUT2D eigenvalue weighted by molar-refractivity contribution is -0.164. The minimum atomic E-state index is -0.747. The SMILES string of the molecule is CO[C@H](COF)c1nc(N2CCOCC2)cc(-n2ccc(-c3cn(C)c4ccccc34)n2)n1. The Labute approximate surface area is 190 Å². The van der Waals surface area contributed by atoms with Gasteiger partial charge in [0.1, 0.15) is 18.5 Å². The van der Waals surface area contributed by atoms with Gasteiger partial charge >= 0.3 is 0 Å². The number of hydrogen-bond acceptors (Lipinski definition) is 7. The summed E-state index contributed by atoms with van der Waals surface area (Å²) in [5.41, 5.74) is 3.00. The van der Waals surface area contributed by atoms with Gasteiger partial charge in [-0.15, -0.1) is 0 Å². The molecule has 9 nitrogen and oxygen atoms in total. The second-order valence-electron chi connectivity index (χ2n) is 7.86. The van der Waals surface area contributed by atoms with Crippen molar-refractivity contribution >= 4 is 16.7 Å². The molecule has 33 heavy (non-hydrogen) atoms. The molecule has 0 saturated carbocycles. The van der Waals surface area contributed by atoms with Crippen LogP contribution in [0, 0.1) is 0 Å². The van der Waals surface area contributed by atoms with Crippen molar-refractivity contribution in [2.24, 2.45) is 7.05 Å². The molecule has 0 unspecified atom stereocenters. The van der Waals surface area contributed by atoms with E-state index in [4.69, 9.17) is 14.6 Å². The summed E-state index contributed by atoms with van der Waals surface area (Å²) in [6, 6.07) is 12.0. The van der Waals surface area contributed by atoms with E-state index in [1.54, 1.807) is 4.68 Å². The molecule has 10 heteroatoms. The Bertz CT molecular complexity index is 1230. The van der Waals surface area contributed by atoms with Crippen LogP contribution in [-0.2, 0) is 21.5 Å². The molecule has 1 saturated heterocycles. The summed E-state index contributed by atoms with van der Waals surface area (Å²) < 4.78 is 27.3. The standard InChI is InChI=1S/C23H25FN6O3/c1-28-14-17(16-5-3-4-6-19(16)28)18-7-8-30(27-18)22-13-21(29-9-11-32-12-10-29)25-23(26-22)20(31-2)15-33-24/h3-8,13-14,20H,9-12,15H2,1-2H3/t20-/m1/s1. The van der Waals surface area contributed by atoms with Gasteiger partial charge in [-0.2, -0.15) is 10.0 Å². The molecular formula is C23H25FN6O3. The molecule has 5 rings (SSSR count). The number of nitrogens with zero attached hydrogens (tertiary/aromatic N) is 6. The highest BCUT2D eigenvalue weighted by molar-refractivity contribution is 5.95. The minimum Gasteiger partial charge on any atom is -0.378 e. The average molecular weight is 452 g/mol. The van der Waals surface area contributed by atoms with E-state index >= 15 is 0 Å². The third-order valence-corrected chi connectivity index (χ3v) is 5.84. The fourth-order valence-corrected chi connectivity index (χ4v) is 4.10. The number of halogens is 1. The maximum Gasteiger partial charge on any atom is 0.164 e. The van der Waals surface area contributed by atoms with Crippen LogP contribution in [-0.4, -0.2) is 64.3 Å². The van der Waals surface area contributed by atoms with Crippen LogP contribution in [0.15, 0.2) is 48.8 Å². The highest BCUT2D eigenvalue weighted by atomic mass is 19.3. The zero-order chi connectivity index (χ0) is 22.8. The highest BCUT2D eigenvalue weighted by Gasteiger charge is 2.22. The predicted molar refractivity (Wildman–Crippen MR) is 121 cm³/mol. The second kappa shape index (κ2) is 9.26. The molecule has 0 spiro atoms. The summed E-state index contributed by atoms with van der Waals surface area (Å²) in [6.45, 7) is 2.33. The molecule has 1 aliphatic heterocycles. The fraction of sp³-hybridized carbons (Fsp3) is 0.348. The predicted octanol–water partition coefficient (Wildman–Crippen LogP) is 3.25. The van der Waals surface area contributed by atoms with E-state index in [0.717, 1.165) is 22.2 Å². The third-order valence-electron chi connectivity index (χ3n) is 5.84. The van der Waals surface area contributed by atoms with E-state index < -0.39 is 6.10 Å². The number of benzene rings is 1. The van der Waals surface area contributed by atoms with Gasteiger partial charge in [-0.05, 0) is 16.7 Å². The van der Waals surface area contributed by atoms with Crippen molar-refractivity contribution in [1.29, 1.82) is 0 Å². The van der Waals surface area contributed by atoms with Crippen LogP contribution in [0.25, 0.3) is 28.0 Å². The van der Waals surface area contributed by atoms with Gasteiger partial charge in [-0.25, -0.2) is 14.6 Å². The minimum absolute atomic E-state index is 0.303. The Kier molecular flexibility index (Phi) is 6.03. The summed E-state index contributed by atoms with van der Waals surface area (Å²) in [5.74, 6) is 1.60. The lowest BCUT2D eigenvalue weighted by Crippen LogP contribution is -2.37. The molecule has 0 amide bonds. The van der Waals surface area contributed by atoms with Gasteiger partial charge in [0, 0.05) is 62.2 Å². The Morgan fingerprint density at radius 3 is 2.70 bits per heavy atom. The first-order valence-corrected chi connectivity index (χ1v) is 10.8. The Morgan fingerprint density at radius 1 is 1.12 bits per heavy atom. The quantitative estimate of drug-likeness (QED) is 0.426. The molecule has 0 radical (unpaired) electrons. The Hall–Kier alpha value is -3.34. The number of aromatic nitrogens is 5. The number of hydrogen-bond donors (Lipinski definition) is 0. The monoisotopic (exact) mass is 452 g/mol. The first-order chi connectivity index (χ1) is 16.2. The second-order valence-corrected chi connectivity index (χ2v) is 7.86. The van der Waals surface area contributed by atoms with E-state index in [2.05, 4.69) is 42.7 Å². The molecule has 172 valence electrons. The van der Waals surface area contributed by atoms with E-state index in [1.807, 2.05) is 37.5 Å². The van der Waals surface area contributed by atoms with E-state index in [9.17, 15) is 4.53 Å². The van der Waals surface area contributed by atoms with Crippen LogP contribution in [0.4, 0.5) is 10.3 Å².